The Hall–Kier alpha value is -3.92. The van der Waals surface area contributed by atoms with Crippen LogP contribution in [0, 0.1) is 23.1 Å². The van der Waals surface area contributed by atoms with Gasteiger partial charge in [-0.3, -0.25) is 4.79 Å². The van der Waals surface area contributed by atoms with Crippen LogP contribution in [0.25, 0.3) is 5.70 Å². The van der Waals surface area contributed by atoms with Gasteiger partial charge in [0.05, 0.1) is 17.6 Å². The first-order valence-electron chi connectivity index (χ1n) is 10.7. The summed E-state index contributed by atoms with van der Waals surface area (Å²) in [4.78, 5) is 16.6. The van der Waals surface area contributed by atoms with E-state index in [9.17, 15) is 9.18 Å². The molecule has 33 heavy (non-hydrogen) atoms. The number of anilines is 1. The third-order valence-corrected chi connectivity index (χ3v) is 5.23. The molecular formula is C26H28FN5O. The summed E-state index contributed by atoms with van der Waals surface area (Å²) in [5, 5.41) is 19.6. The first-order valence-corrected chi connectivity index (χ1v) is 10.7. The van der Waals surface area contributed by atoms with Gasteiger partial charge in [-0.15, -0.1) is 0 Å². The quantitative estimate of drug-likeness (QED) is 0.258. The number of halogens is 1. The normalized spacial score (nSPS) is 12.9. The average molecular weight is 446 g/mol. The molecule has 0 radical (unpaired) electrons. The number of aromatic nitrogens is 1. The van der Waals surface area contributed by atoms with Crippen molar-refractivity contribution in [2.75, 3.05) is 12.4 Å². The molecule has 0 aliphatic rings. The summed E-state index contributed by atoms with van der Waals surface area (Å²) < 4.78 is 14.3. The fourth-order valence-corrected chi connectivity index (χ4v) is 3.35. The lowest BCUT2D eigenvalue weighted by molar-refractivity contribution is -0.113. The molecule has 0 aliphatic carbocycles. The molecule has 1 amide bonds. The van der Waals surface area contributed by atoms with Crippen LogP contribution in [0.5, 0.6) is 0 Å². The highest BCUT2D eigenvalue weighted by molar-refractivity contribution is 6.03. The van der Waals surface area contributed by atoms with Gasteiger partial charge in [-0.05, 0) is 68.0 Å². The molecular weight excluding hydrogens is 417 g/mol. The van der Waals surface area contributed by atoms with Gasteiger partial charge in [0.1, 0.15) is 17.6 Å². The van der Waals surface area contributed by atoms with Crippen molar-refractivity contribution >= 4 is 17.3 Å². The van der Waals surface area contributed by atoms with Crippen LogP contribution in [0.1, 0.15) is 44.4 Å². The van der Waals surface area contributed by atoms with Crippen molar-refractivity contribution < 1.29 is 9.18 Å². The molecule has 0 saturated heterocycles. The largest absolute Gasteiger partial charge is 0.321 e. The van der Waals surface area contributed by atoms with Crippen LogP contribution >= 0.6 is 0 Å². The van der Waals surface area contributed by atoms with E-state index in [4.69, 9.17) is 5.26 Å². The molecule has 1 aromatic carbocycles. The Morgan fingerprint density at radius 3 is 2.67 bits per heavy atom. The zero-order valence-corrected chi connectivity index (χ0v) is 19.2. The highest BCUT2D eigenvalue weighted by atomic mass is 19.1. The van der Waals surface area contributed by atoms with E-state index in [0.29, 0.717) is 35.4 Å². The first kappa shape index (κ1) is 25.3. The highest BCUT2D eigenvalue weighted by Crippen LogP contribution is 2.28. The number of nitrogens with zero attached hydrogens (tertiary/aromatic N) is 4. The number of hydrogen-bond donors (Lipinski definition) is 1. The smallest absolute Gasteiger partial charge is 0.251 e. The zero-order chi connectivity index (χ0) is 24.2. The van der Waals surface area contributed by atoms with E-state index in [1.165, 1.54) is 19.3 Å². The summed E-state index contributed by atoms with van der Waals surface area (Å²) in [5.41, 5.74) is 3.03. The lowest BCUT2D eigenvalue weighted by Crippen LogP contribution is -2.15. The molecule has 170 valence electrons. The Labute approximate surface area is 194 Å². The molecule has 1 atom stereocenters. The summed E-state index contributed by atoms with van der Waals surface area (Å²) in [6.07, 6.45) is 7.05. The van der Waals surface area contributed by atoms with Crippen LogP contribution in [0.2, 0.25) is 0 Å². The molecule has 6 nitrogen and oxygen atoms in total. The van der Waals surface area contributed by atoms with E-state index in [2.05, 4.69) is 27.1 Å². The van der Waals surface area contributed by atoms with Gasteiger partial charge in [0.25, 0.3) is 5.91 Å². The second-order valence-corrected chi connectivity index (χ2v) is 7.34. The zero-order valence-electron chi connectivity index (χ0n) is 19.2. The summed E-state index contributed by atoms with van der Waals surface area (Å²) in [6, 6.07) is 11.6. The molecule has 7 heteroatoms. The number of amides is 1. The number of hydrogen-bond acceptors (Lipinski definition) is 5. The van der Waals surface area contributed by atoms with Crippen molar-refractivity contribution in [2.45, 2.75) is 33.1 Å². The molecule has 0 aliphatic heterocycles. The molecule has 0 unspecified atom stereocenters. The maximum absolute atomic E-state index is 14.3. The molecule has 0 saturated carbocycles. The van der Waals surface area contributed by atoms with Crippen LogP contribution in [-0.2, 0) is 4.79 Å². The van der Waals surface area contributed by atoms with Gasteiger partial charge < -0.3 is 5.32 Å². The molecule has 1 heterocycles. The third-order valence-electron chi connectivity index (χ3n) is 5.23. The van der Waals surface area contributed by atoms with Gasteiger partial charge in [-0.1, -0.05) is 31.7 Å². The number of carbonyl (C=O) groups excluding carboxylic acids is 1. The van der Waals surface area contributed by atoms with E-state index in [0.717, 1.165) is 12.0 Å². The average Bonchev–Trinajstić information content (AvgIpc) is 2.82. The van der Waals surface area contributed by atoms with Crippen LogP contribution in [-0.4, -0.2) is 17.9 Å². The number of nitriles is 1. The summed E-state index contributed by atoms with van der Waals surface area (Å²) in [7, 11) is 1.54. The maximum atomic E-state index is 14.3. The van der Waals surface area contributed by atoms with E-state index in [-0.39, 0.29) is 23.3 Å². The summed E-state index contributed by atoms with van der Waals surface area (Å²) in [5.74, 6) is -0.507. The van der Waals surface area contributed by atoms with Crippen LogP contribution in [0.15, 0.2) is 82.7 Å². The molecule has 2 rings (SSSR count). The minimum Gasteiger partial charge on any atom is -0.321 e. The number of benzene rings is 1. The topological polar surface area (TPSA) is 90.5 Å². The molecule has 1 N–H and O–H groups in total. The van der Waals surface area contributed by atoms with Gasteiger partial charge in [0, 0.05) is 18.2 Å². The predicted molar refractivity (Wildman–Crippen MR) is 129 cm³/mol. The Bertz CT molecular complexity index is 1110. The van der Waals surface area contributed by atoms with E-state index in [1.54, 1.807) is 42.5 Å². The number of allylic oxidation sites excluding steroid dienone is 3. The first-order chi connectivity index (χ1) is 15.9. The van der Waals surface area contributed by atoms with Gasteiger partial charge in [0.2, 0.25) is 0 Å². The van der Waals surface area contributed by atoms with Crippen molar-refractivity contribution in [1.82, 2.24) is 4.98 Å². The van der Waals surface area contributed by atoms with Crippen molar-refractivity contribution in [2.24, 2.45) is 16.1 Å². The van der Waals surface area contributed by atoms with Crippen molar-refractivity contribution in [3.63, 3.8) is 0 Å². The number of rotatable bonds is 10. The maximum Gasteiger partial charge on any atom is 0.251 e. The van der Waals surface area contributed by atoms with E-state index in [1.807, 2.05) is 19.9 Å². The fourth-order valence-electron chi connectivity index (χ4n) is 3.35. The highest BCUT2D eigenvalue weighted by Gasteiger charge is 2.16. The molecule has 0 spiro atoms. The Morgan fingerprint density at radius 2 is 2.09 bits per heavy atom. The molecule has 0 fully saturated rings. The third kappa shape index (κ3) is 7.32. The summed E-state index contributed by atoms with van der Waals surface area (Å²) >= 11 is 0. The van der Waals surface area contributed by atoms with Gasteiger partial charge in [-0.2, -0.15) is 15.5 Å². The Balaban J connectivity index is 2.09. The van der Waals surface area contributed by atoms with Gasteiger partial charge in [-0.25, -0.2) is 9.37 Å². The van der Waals surface area contributed by atoms with Crippen LogP contribution < -0.4 is 5.32 Å². The standard InChI is InChI=1S/C26H28FN5O/c1-5-19(18(3)15-25(32-29-4)23-9-7-8-10-24(23)27)11-12-20(6-2)26(33)31-22-14-13-21(16-28)30-17-22/h6-10,13-15,17,19H,3,5,11-12H2,1-2,4H3,(H,31,33)/b20-6-,25-15-,32-29-/t19-/m1/s1. The molecule has 1 aromatic heterocycles. The molecule has 2 aromatic rings. The van der Waals surface area contributed by atoms with E-state index < -0.39 is 0 Å². The van der Waals surface area contributed by atoms with Crippen LogP contribution in [0.4, 0.5) is 10.1 Å². The second kappa shape index (κ2) is 12.8. The minimum absolute atomic E-state index is 0.0816. The van der Waals surface area contributed by atoms with Crippen molar-refractivity contribution in [3.8, 4) is 6.07 Å². The number of nitrogens with one attached hydrogen (secondary N) is 1. The van der Waals surface area contributed by atoms with Gasteiger partial charge in [0.15, 0.2) is 0 Å². The molecule has 0 bridgehead atoms. The Kier molecular flexibility index (Phi) is 9.84. The SMILES string of the molecule is C=C(/C=C(\N=N/C)c1ccccc1F)[C@H](CC)CC/C(=C/C)C(=O)Nc1ccc(C#N)nc1. The number of azo groups is 1. The van der Waals surface area contributed by atoms with Crippen molar-refractivity contribution in [3.05, 3.63) is 89.5 Å². The fraction of sp³-hybridized carbons (Fsp3) is 0.269. The van der Waals surface area contributed by atoms with Crippen LogP contribution in [0.3, 0.4) is 0 Å². The van der Waals surface area contributed by atoms with Crippen molar-refractivity contribution in [1.29, 1.82) is 5.26 Å². The number of pyridine rings is 1. The predicted octanol–water partition coefficient (Wildman–Crippen LogP) is 6.46. The second-order valence-electron chi connectivity index (χ2n) is 7.34. The van der Waals surface area contributed by atoms with E-state index >= 15 is 0 Å². The number of carbonyl (C=O) groups is 1. The lowest BCUT2D eigenvalue weighted by atomic mass is 9.89. The van der Waals surface area contributed by atoms with Gasteiger partial charge >= 0.3 is 0 Å². The summed E-state index contributed by atoms with van der Waals surface area (Å²) in [6.45, 7) is 8.05. The minimum atomic E-state index is -0.373. The monoisotopic (exact) mass is 445 g/mol. The lowest BCUT2D eigenvalue weighted by Gasteiger charge is -2.17. The Morgan fingerprint density at radius 1 is 1.33 bits per heavy atom.